The zero-order chi connectivity index (χ0) is 23.1. The second-order valence-electron chi connectivity index (χ2n) is 7.56. The number of rotatable bonds is 6. The second kappa shape index (κ2) is 8.28. The maximum Gasteiger partial charge on any atom is 0.354 e. The number of carbonyl (C=O) groups is 1. The van der Waals surface area contributed by atoms with Gasteiger partial charge in [0.05, 0.1) is 10.2 Å². The third-order valence-electron chi connectivity index (χ3n) is 5.53. The highest BCUT2D eigenvalue weighted by Crippen LogP contribution is 2.41. The van der Waals surface area contributed by atoms with Gasteiger partial charge in [0.2, 0.25) is 5.82 Å². The highest BCUT2D eigenvalue weighted by molar-refractivity contribution is 9.10. The lowest BCUT2D eigenvalue weighted by atomic mass is 10.0. The van der Waals surface area contributed by atoms with Crippen molar-refractivity contribution in [1.29, 1.82) is 0 Å². The Morgan fingerprint density at radius 3 is 2.70 bits per heavy atom. The molecule has 3 aromatic heterocycles. The fourth-order valence-corrected chi connectivity index (χ4v) is 4.67. The molecule has 0 aliphatic rings. The van der Waals surface area contributed by atoms with Crippen LogP contribution in [0.15, 0.2) is 51.4 Å². The van der Waals surface area contributed by atoms with Crippen LogP contribution in [0.4, 0.5) is 0 Å². The van der Waals surface area contributed by atoms with Gasteiger partial charge in [0.15, 0.2) is 5.69 Å². The van der Waals surface area contributed by atoms with Crippen LogP contribution in [0.3, 0.4) is 0 Å². The van der Waals surface area contributed by atoms with Crippen molar-refractivity contribution in [2.45, 2.75) is 26.8 Å². The summed E-state index contributed by atoms with van der Waals surface area (Å²) in [5.74, 6) is 0.889. The monoisotopic (exact) mass is 506 g/mol. The maximum atomic E-state index is 11.8. The number of aromatic nitrogens is 6. The fraction of sp³-hybridized carbons (Fsp3) is 0.174. The molecule has 0 aliphatic carbocycles. The highest BCUT2D eigenvalue weighted by Gasteiger charge is 2.21. The summed E-state index contributed by atoms with van der Waals surface area (Å²) >= 11 is 3.70. The summed E-state index contributed by atoms with van der Waals surface area (Å²) in [5, 5.41) is 24.9. The van der Waals surface area contributed by atoms with Gasteiger partial charge in [-0.25, -0.2) is 9.78 Å². The summed E-state index contributed by atoms with van der Waals surface area (Å²) in [5.41, 5.74) is 4.00. The molecule has 2 aromatic carbocycles. The smallest absolute Gasteiger partial charge is 0.354 e. The topological polar surface area (TPSA) is 123 Å². The number of fused-ring (bicyclic) bond motifs is 1. The number of aromatic amines is 1. The molecule has 0 radical (unpaired) electrons. The molecule has 0 saturated carbocycles. The van der Waals surface area contributed by atoms with E-state index in [9.17, 15) is 9.90 Å². The standard InChI is InChI=1S/C23H19BrN6O3/c1-3-18-25-12(2)20(23(31)32)30(18)11-13-8-9-17-16(10-13)19(24)21(33-17)14-6-4-5-7-15(14)22-26-28-29-27-22/h4-10H,3,11H2,1-2H3,(H,31,32)(H,26,27,28,29). The second-order valence-corrected chi connectivity index (χ2v) is 8.36. The van der Waals surface area contributed by atoms with Crippen LogP contribution in [0.25, 0.3) is 33.7 Å². The predicted molar refractivity (Wildman–Crippen MR) is 125 cm³/mol. The predicted octanol–water partition coefficient (Wildman–Crippen LogP) is 4.86. The normalized spacial score (nSPS) is 11.4. The Morgan fingerprint density at radius 2 is 2.00 bits per heavy atom. The average Bonchev–Trinajstić information content (AvgIpc) is 3.52. The van der Waals surface area contributed by atoms with Gasteiger partial charge >= 0.3 is 5.97 Å². The number of aromatic carboxylic acids is 1. The Morgan fingerprint density at radius 1 is 1.21 bits per heavy atom. The quantitative estimate of drug-likeness (QED) is 0.337. The first kappa shape index (κ1) is 21.1. The van der Waals surface area contributed by atoms with Crippen molar-refractivity contribution in [2.75, 3.05) is 0 Å². The number of carboxylic acids is 1. The van der Waals surface area contributed by atoms with Crippen LogP contribution in [-0.2, 0) is 13.0 Å². The zero-order valence-corrected chi connectivity index (χ0v) is 19.4. The van der Waals surface area contributed by atoms with Gasteiger partial charge in [0, 0.05) is 29.5 Å². The Bertz CT molecular complexity index is 1490. The Kier molecular flexibility index (Phi) is 5.29. The minimum absolute atomic E-state index is 0.216. The number of H-pyrrole nitrogens is 1. The van der Waals surface area contributed by atoms with Crippen LogP contribution in [0.5, 0.6) is 0 Å². The van der Waals surface area contributed by atoms with E-state index in [0.717, 1.165) is 32.4 Å². The summed E-state index contributed by atoms with van der Waals surface area (Å²) in [7, 11) is 0. The average molecular weight is 507 g/mol. The lowest BCUT2D eigenvalue weighted by Crippen LogP contribution is -2.13. The van der Waals surface area contributed by atoms with Gasteiger partial charge in [-0.15, -0.1) is 10.2 Å². The number of imidazole rings is 1. The van der Waals surface area contributed by atoms with E-state index in [0.29, 0.717) is 35.8 Å². The van der Waals surface area contributed by atoms with Crippen molar-refractivity contribution >= 4 is 32.9 Å². The molecule has 0 unspecified atom stereocenters. The first-order valence-electron chi connectivity index (χ1n) is 10.3. The van der Waals surface area contributed by atoms with Crippen molar-refractivity contribution in [3.8, 4) is 22.7 Å². The molecule has 0 saturated heterocycles. The Hall–Kier alpha value is -3.79. The highest BCUT2D eigenvalue weighted by atomic mass is 79.9. The fourth-order valence-electron chi connectivity index (χ4n) is 4.06. The van der Waals surface area contributed by atoms with Gasteiger partial charge in [0.1, 0.15) is 17.2 Å². The van der Waals surface area contributed by atoms with Gasteiger partial charge in [-0.3, -0.25) is 0 Å². The molecule has 2 N–H and O–H groups in total. The largest absolute Gasteiger partial charge is 0.477 e. The number of furan rings is 1. The third-order valence-corrected chi connectivity index (χ3v) is 6.32. The molecule has 0 fully saturated rings. The lowest BCUT2D eigenvalue weighted by molar-refractivity contribution is 0.0684. The number of nitrogens with one attached hydrogen (secondary N) is 1. The Balaban J connectivity index is 1.59. The van der Waals surface area contributed by atoms with E-state index in [-0.39, 0.29) is 5.69 Å². The number of tetrazole rings is 1. The molecule has 33 heavy (non-hydrogen) atoms. The molecule has 166 valence electrons. The van der Waals surface area contributed by atoms with E-state index in [1.165, 1.54) is 0 Å². The summed E-state index contributed by atoms with van der Waals surface area (Å²) in [6, 6.07) is 13.5. The van der Waals surface area contributed by atoms with Gasteiger partial charge < -0.3 is 14.1 Å². The summed E-state index contributed by atoms with van der Waals surface area (Å²) in [6.45, 7) is 4.09. The first-order valence-corrected chi connectivity index (χ1v) is 11.1. The summed E-state index contributed by atoms with van der Waals surface area (Å²) < 4.78 is 8.75. The van der Waals surface area contributed by atoms with Gasteiger partial charge in [-0.05, 0) is 45.8 Å². The van der Waals surface area contributed by atoms with Crippen LogP contribution in [0, 0.1) is 6.92 Å². The third kappa shape index (κ3) is 3.62. The number of hydrogen-bond acceptors (Lipinski definition) is 6. The molecule has 5 rings (SSSR count). The minimum atomic E-state index is -0.981. The minimum Gasteiger partial charge on any atom is -0.477 e. The first-order chi connectivity index (χ1) is 16.0. The summed E-state index contributed by atoms with van der Waals surface area (Å²) in [6.07, 6.45) is 0.642. The van der Waals surface area contributed by atoms with Gasteiger partial charge in [-0.2, -0.15) is 5.21 Å². The van der Waals surface area contributed by atoms with E-state index in [1.54, 1.807) is 11.5 Å². The van der Waals surface area contributed by atoms with Crippen molar-refractivity contribution in [3.05, 3.63) is 69.7 Å². The SMILES string of the molecule is CCc1nc(C)c(C(=O)O)n1Cc1ccc2oc(-c3ccccc3-c3nn[nH]n3)c(Br)c2c1. The van der Waals surface area contributed by atoms with Crippen LogP contribution < -0.4 is 0 Å². The van der Waals surface area contributed by atoms with Gasteiger partial charge in [0.25, 0.3) is 0 Å². The number of halogens is 1. The molecule has 5 aromatic rings. The number of aryl methyl sites for hydroxylation is 2. The Labute approximate surface area is 196 Å². The molecule has 10 heteroatoms. The van der Waals surface area contributed by atoms with E-state index < -0.39 is 5.97 Å². The number of hydrogen-bond donors (Lipinski definition) is 2. The summed E-state index contributed by atoms with van der Waals surface area (Å²) in [4.78, 5) is 16.3. The number of nitrogens with zero attached hydrogens (tertiary/aromatic N) is 5. The molecular formula is C23H19BrN6O3. The maximum absolute atomic E-state index is 11.8. The molecule has 0 aliphatic heterocycles. The number of carboxylic acid groups (broad SMARTS) is 1. The van der Waals surface area contributed by atoms with Crippen molar-refractivity contribution in [3.63, 3.8) is 0 Å². The van der Waals surface area contributed by atoms with E-state index in [4.69, 9.17) is 4.42 Å². The molecule has 0 spiro atoms. The van der Waals surface area contributed by atoms with E-state index in [1.807, 2.05) is 49.4 Å². The van der Waals surface area contributed by atoms with Gasteiger partial charge in [-0.1, -0.05) is 37.3 Å². The van der Waals surface area contributed by atoms with Crippen LogP contribution in [0.1, 0.15) is 34.5 Å². The molecule has 0 amide bonds. The van der Waals surface area contributed by atoms with Crippen LogP contribution >= 0.6 is 15.9 Å². The number of benzene rings is 2. The van der Waals surface area contributed by atoms with Crippen molar-refractivity contribution < 1.29 is 14.3 Å². The molecule has 0 bridgehead atoms. The zero-order valence-electron chi connectivity index (χ0n) is 17.8. The molecular weight excluding hydrogens is 488 g/mol. The molecule has 3 heterocycles. The molecule has 9 nitrogen and oxygen atoms in total. The van der Waals surface area contributed by atoms with Crippen molar-refractivity contribution in [2.24, 2.45) is 0 Å². The lowest BCUT2D eigenvalue weighted by Gasteiger charge is -2.09. The molecule has 0 atom stereocenters. The van der Waals surface area contributed by atoms with Crippen LogP contribution in [0.2, 0.25) is 0 Å². The van der Waals surface area contributed by atoms with E-state index in [2.05, 4.69) is 41.5 Å². The van der Waals surface area contributed by atoms with E-state index >= 15 is 0 Å². The van der Waals surface area contributed by atoms with Crippen molar-refractivity contribution in [1.82, 2.24) is 30.2 Å². The van der Waals surface area contributed by atoms with Crippen LogP contribution in [-0.4, -0.2) is 41.3 Å².